The summed E-state index contributed by atoms with van der Waals surface area (Å²) in [6, 6.07) is 1.56. The molecule has 13 heteroatoms. The minimum atomic E-state index is -4.37. The number of aromatic nitrogens is 2. The number of nitro groups is 2. The van der Waals surface area contributed by atoms with Crippen molar-refractivity contribution in [3.8, 4) is 0 Å². The zero-order valence-corrected chi connectivity index (χ0v) is 16.6. The molecule has 2 aromatic rings. The van der Waals surface area contributed by atoms with Crippen LogP contribution in [-0.2, 0) is 10.0 Å². The van der Waals surface area contributed by atoms with Gasteiger partial charge in [0.15, 0.2) is 0 Å². The molecule has 0 atom stereocenters. The van der Waals surface area contributed by atoms with E-state index in [1.807, 2.05) is 0 Å². The number of rotatable bonds is 6. The highest BCUT2D eigenvalue weighted by atomic mass is 32.2. The van der Waals surface area contributed by atoms with Crippen molar-refractivity contribution in [1.82, 2.24) is 9.97 Å². The van der Waals surface area contributed by atoms with Crippen LogP contribution in [-0.4, -0.2) is 42.3 Å². The number of aryl methyl sites for hydroxylation is 2. The van der Waals surface area contributed by atoms with Gasteiger partial charge in [-0.25, -0.2) is 18.4 Å². The summed E-state index contributed by atoms with van der Waals surface area (Å²) < 4.78 is 27.8. The molecule has 1 aromatic heterocycles. The third-order valence-corrected chi connectivity index (χ3v) is 5.25. The zero-order chi connectivity index (χ0) is 21.4. The van der Waals surface area contributed by atoms with E-state index < -0.39 is 36.1 Å². The quantitative estimate of drug-likeness (QED) is 0.555. The van der Waals surface area contributed by atoms with E-state index in [-0.39, 0.29) is 11.3 Å². The lowest BCUT2D eigenvalue weighted by atomic mass is 10.1. The number of anilines is 2. The SMILES string of the molecule is Cc1nc(N(C)C)nc(C)c1NS(=O)(=O)c1cc([N+](=O)[O-])c(C)c([N+](=O)[O-])c1. The molecular formula is C15H18N6O6S. The molecule has 0 fully saturated rings. The summed E-state index contributed by atoms with van der Waals surface area (Å²) in [6.07, 6.45) is 0. The predicted molar refractivity (Wildman–Crippen MR) is 101 cm³/mol. The second-order valence-electron chi connectivity index (χ2n) is 6.17. The minimum Gasteiger partial charge on any atom is -0.347 e. The number of hydrogen-bond acceptors (Lipinski definition) is 9. The fourth-order valence-corrected chi connectivity index (χ4v) is 3.65. The van der Waals surface area contributed by atoms with Crippen molar-refractivity contribution in [2.45, 2.75) is 25.7 Å². The van der Waals surface area contributed by atoms with Gasteiger partial charge < -0.3 is 4.90 Å². The second kappa shape index (κ2) is 7.34. The lowest BCUT2D eigenvalue weighted by molar-refractivity contribution is -0.395. The maximum Gasteiger partial charge on any atom is 0.280 e. The Morgan fingerprint density at radius 2 is 1.39 bits per heavy atom. The summed E-state index contributed by atoms with van der Waals surface area (Å²) >= 11 is 0. The first-order chi connectivity index (χ1) is 12.8. The van der Waals surface area contributed by atoms with Crippen molar-refractivity contribution >= 4 is 33.0 Å². The smallest absolute Gasteiger partial charge is 0.280 e. The molecule has 0 aliphatic heterocycles. The van der Waals surface area contributed by atoms with Crippen molar-refractivity contribution in [1.29, 1.82) is 0 Å². The van der Waals surface area contributed by atoms with Crippen LogP contribution in [0, 0.1) is 41.0 Å². The molecule has 0 saturated heterocycles. The highest BCUT2D eigenvalue weighted by Crippen LogP contribution is 2.32. The molecule has 0 unspecified atom stereocenters. The Kier molecular flexibility index (Phi) is 5.50. The lowest BCUT2D eigenvalue weighted by Gasteiger charge is -2.16. The monoisotopic (exact) mass is 410 g/mol. The second-order valence-corrected chi connectivity index (χ2v) is 7.85. The Bertz CT molecular complexity index is 1020. The number of hydrogen-bond donors (Lipinski definition) is 1. The van der Waals surface area contributed by atoms with E-state index in [9.17, 15) is 28.6 Å². The van der Waals surface area contributed by atoms with Crippen LogP contribution in [0.1, 0.15) is 17.0 Å². The van der Waals surface area contributed by atoms with Crippen LogP contribution in [0.4, 0.5) is 23.0 Å². The van der Waals surface area contributed by atoms with Crippen LogP contribution >= 0.6 is 0 Å². The number of nitrogens with zero attached hydrogens (tertiary/aromatic N) is 5. The molecule has 0 spiro atoms. The van der Waals surface area contributed by atoms with Gasteiger partial charge in [0.2, 0.25) is 5.95 Å². The van der Waals surface area contributed by atoms with Gasteiger partial charge in [0.05, 0.1) is 26.9 Å². The minimum absolute atomic E-state index is 0.0940. The molecule has 0 saturated carbocycles. The Morgan fingerprint density at radius 3 is 1.75 bits per heavy atom. The molecule has 1 aromatic carbocycles. The van der Waals surface area contributed by atoms with Gasteiger partial charge in [-0.05, 0) is 20.8 Å². The first kappa shape index (κ1) is 21.0. The standard InChI is InChI=1S/C15H18N6O6S/c1-8-12(20(22)23)6-11(7-13(8)21(24)25)28(26,27)18-14-9(2)16-15(19(4)5)17-10(14)3/h6-7,18H,1-5H3. The zero-order valence-electron chi connectivity index (χ0n) is 15.7. The topological polar surface area (TPSA) is 161 Å². The van der Waals surface area contributed by atoms with Gasteiger partial charge in [-0.3, -0.25) is 25.0 Å². The molecule has 0 aliphatic rings. The summed E-state index contributed by atoms with van der Waals surface area (Å²) in [7, 11) is -0.923. The summed E-state index contributed by atoms with van der Waals surface area (Å²) in [6.45, 7) is 4.32. The predicted octanol–water partition coefficient (Wildman–Crippen LogP) is 2.09. The van der Waals surface area contributed by atoms with E-state index >= 15 is 0 Å². The first-order valence-electron chi connectivity index (χ1n) is 7.84. The fraction of sp³-hybridized carbons (Fsp3) is 0.333. The third kappa shape index (κ3) is 3.98. The molecular weight excluding hydrogens is 392 g/mol. The highest BCUT2D eigenvalue weighted by molar-refractivity contribution is 7.92. The normalized spacial score (nSPS) is 11.2. The molecule has 0 bridgehead atoms. The van der Waals surface area contributed by atoms with Crippen LogP contribution in [0.15, 0.2) is 17.0 Å². The van der Waals surface area contributed by atoms with Crippen molar-refractivity contribution in [2.24, 2.45) is 0 Å². The van der Waals surface area contributed by atoms with Gasteiger partial charge in [0.1, 0.15) is 10.5 Å². The van der Waals surface area contributed by atoms with Crippen molar-refractivity contribution in [3.63, 3.8) is 0 Å². The van der Waals surface area contributed by atoms with Crippen LogP contribution in [0.5, 0.6) is 0 Å². The summed E-state index contributed by atoms with van der Waals surface area (Å²) in [5.74, 6) is 0.375. The third-order valence-electron chi connectivity index (χ3n) is 3.93. The van der Waals surface area contributed by atoms with Crippen LogP contribution in [0.25, 0.3) is 0 Å². The fourth-order valence-electron chi connectivity index (χ4n) is 2.43. The Labute approximate surface area is 160 Å². The van der Waals surface area contributed by atoms with Gasteiger partial charge in [0, 0.05) is 26.2 Å². The molecule has 1 N–H and O–H groups in total. The van der Waals surface area contributed by atoms with E-state index in [2.05, 4.69) is 14.7 Å². The number of nitrogens with one attached hydrogen (secondary N) is 1. The molecule has 0 radical (unpaired) electrons. The molecule has 2 rings (SSSR count). The molecule has 28 heavy (non-hydrogen) atoms. The Hall–Kier alpha value is -3.35. The molecule has 1 heterocycles. The Morgan fingerprint density at radius 1 is 0.964 bits per heavy atom. The maximum atomic E-state index is 12.8. The average molecular weight is 410 g/mol. The van der Waals surface area contributed by atoms with Crippen molar-refractivity contribution < 1.29 is 18.3 Å². The Balaban J connectivity index is 2.60. The highest BCUT2D eigenvalue weighted by Gasteiger charge is 2.29. The van der Waals surface area contributed by atoms with Crippen LogP contribution < -0.4 is 9.62 Å². The molecule has 12 nitrogen and oxygen atoms in total. The van der Waals surface area contributed by atoms with E-state index in [4.69, 9.17) is 0 Å². The average Bonchev–Trinajstić information content (AvgIpc) is 2.57. The summed E-state index contributed by atoms with van der Waals surface area (Å²) in [5.41, 5.74) is -0.812. The van der Waals surface area contributed by atoms with E-state index in [1.54, 1.807) is 32.8 Å². The summed E-state index contributed by atoms with van der Waals surface area (Å²) in [5, 5.41) is 22.4. The van der Waals surface area contributed by atoms with Gasteiger partial charge in [-0.2, -0.15) is 0 Å². The van der Waals surface area contributed by atoms with E-state index in [1.165, 1.54) is 6.92 Å². The van der Waals surface area contributed by atoms with E-state index in [0.29, 0.717) is 17.3 Å². The van der Waals surface area contributed by atoms with Gasteiger partial charge in [-0.15, -0.1) is 0 Å². The molecule has 0 aliphatic carbocycles. The summed E-state index contributed by atoms with van der Waals surface area (Å²) in [4.78, 5) is 30.1. The van der Waals surface area contributed by atoms with Gasteiger partial charge in [-0.1, -0.05) is 0 Å². The van der Waals surface area contributed by atoms with Crippen LogP contribution in [0.3, 0.4) is 0 Å². The van der Waals surface area contributed by atoms with Crippen molar-refractivity contribution in [3.05, 3.63) is 49.3 Å². The molecule has 150 valence electrons. The lowest BCUT2D eigenvalue weighted by Crippen LogP contribution is -2.19. The van der Waals surface area contributed by atoms with Crippen LogP contribution in [0.2, 0.25) is 0 Å². The first-order valence-corrected chi connectivity index (χ1v) is 9.32. The van der Waals surface area contributed by atoms with Gasteiger partial charge in [0.25, 0.3) is 21.4 Å². The molecule has 0 amide bonds. The largest absolute Gasteiger partial charge is 0.347 e. The van der Waals surface area contributed by atoms with Crippen molar-refractivity contribution in [2.75, 3.05) is 23.7 Å². The number of benzene rings is 1. The number of sulfonamides is 1. The van der Waals surface area contributed by atoms with Gasteiger partial charge >= 0.3 is 0 Å². The number of nitro benzene ring substituents is 2. The maximum absolute atomic E-state index is 12.8. The van der Waals surface area contributed by atoms with E-state index in [0.717, 1.165) is 12.1 Å².